The minimum absolute atomic E-state index is 0.193. The minimum atomic E-state index is -0.193. The molecule has 1 heterocycles. The highest BCUT2D eigenvalue weighted by molar-refractivity contribution is 5.92. The van der Waals surface area contributed by atoms with E-state index in [9.17, 15) is 4.79 Å². The van der Waals surface area contributed by atoms with Crippen molar-refractivity contribution in [1.29, 1.82) is 0 Å². The van der Waals surface area contributed by atoms with E-state index in [4.69, 9.17) is 0 Å². The lowest BCUT2D eigenvalue weighted by molar-refractivity contribution is 0.0947. The molecule has 0 aliphatic heterocycles. The highest BCUT2D eigenvalue weighted by Crippen LogP contribution is 2.14. The van der Waals surface area contributed by atoms with Gasteiger partial charge >= 0.3 is 0 Å². The predicted molar refractivity (Wildman–Crippen MR) is 79.1 cm³/mol. The second-order valence-corrected chi connectivity index (χ2v) is 4.55. The number of benzene rings is 1. The number of aromatic nitrogens is 2. The topological polar surface area (TPSA) is 66.9 Å². The van der Waals surface area contributed by atoms with E-state index >= 15 is 0 Å². The first-order chi connectivity index (χ1) is 9.69. The van der Waals surface area contributed by atoms with E-state index in [2.05, 4.69) is 20.8 Å². The van der Waals surface area contributed by atoms with Gasteiger partial charge in [0.25, 0.3) is 5.91 Å². The molecule has 20 heavy (non-hydrogen) atoms. The fourth-order valence-corrected chi connectivity index (χ4v) is 1.63. The summed E-state index contributed by atoms with van der Waals surface area (Å²) in [6, 6.07) is 11.4. The quantitative estimate of drug-likeness (QED) is 0.876. The summed E-state index contributed by atoms with van der Waals surface area (Å²) in [5.74, 6) is 0.419. The molecular weight excluding hydrogens is 252 g/mol. The van der Waals surface area contributed by atoms with Gasteiger partial charge in [-0.05, 0) is 37.6 Å². The normalized spacial score (nSPS) is 10.1. The van der Waals surface area contributed by atoms with E-state index in [0.29, 0.717) is 18.1 Å². The van der Waals surface area contributed by atoms with Gasteiger partial charge in [-0.1, -0.05) is 24.6 Å². The monoisotopic (exact) mass is 270 g/mol. The third-order valence-electron chi connectivity index (χ3n) is 2.76. The van der Waals surface area contributed by atoms with Gasteiger partial charge in [0.15, 0.2) is 11.5 Å². The largest absolute Gasteiger partial charge is 0.351 e. The van der Waals surface area contributed by atoms with Crippen molar-refractivity contribution in [2.45, 2.75) is 20.3 Å². The van der Waals surface area contributed by atoms with Crippen molar-refractivity contribution in [3.8, 4) is 0 Å². The number of anilines is 2. The third-order valence-corrected chi connectivity index (χ3v) is 2.76. The van der Waals surface area contributed by atoms with Crippen molar-refractivity contribution in [3.63, 3.8) is 0 Å². The zero-order chi connectivity index (χ0) is 14.4. The van der Waals surface area contributed by atoms with Crippen molar-refractivity contribution in [2.75, 3.05) is 11.9 Å². The first-order valence-corrected chi connectivity index (χ1v) is 6.64. The number of hydrogen-bond donors (Lipinski definition) is 2. The lowest BCUT2D eigenvalue weighted by atomic mass is 10.2. The Bertz CT molecular complexity index is 563. The maximum absolute atomic E-state index is 11.7. The Labute approximate surface area is 118 Å². The van der Waals surface area contributed by atoms with Crippen LogP contribution in [0.2, 0.25) is 0 Å². The van der Waals surface area contributed by atoms with Gasteiger partial charge in [-0.2, -0.15) is 0 Å². The van der Waals surface area contributed by atoms with E-state index in [0.717, 1.165) is 12.1 Å². The number of carbonyl (C=O) groups is 1. The third kappa shape index (κ3) is 3.78. The first-order valence-electron chi connectivity index (χ1n) is 6.64. The fraction of sp³-hybridized carbons (Fsp3) is 0.267. The van der Waals surface area contributed by atoms with Crippen LogP contribution in [-0.2, 0) is 0 Å². The van der Waals surface area contributed by atoms with Gasteiger partial charge < -0.3 is 10.6 Å². The Morgan fingerprint density at radius 2 is 1.85 bits per heavy atom. The summed E-state index contributed by atoms with van der Waals surface area (Å²) in [5.41, 5.74) is 2.46. The average molecular weight is 270 g/mol. The molecule has 104 valence electrons. The molecule has 0 fully saturated rings. The Hall–Kier alpha value is -2.43. The van der Waals surface area contributed by atoms with E-state index in [1.54, 1.807) is 12.1 Å². The van der Waals surface area contributed by atoms with E-state index in [-0.39, 0.29) is 5.91 Å². The van der Waals surface area contributed by atoms with Crippen LogP contribution in [0.1, 0.15) is 29.4 Å². The first kappa shape index (κ1) is 14.0. The second kappa shape index (κ2) is 6.65. The molecule has 1 aromatic carbocycles. The smallest absolute Gasteiger partial charge is 0.271 e. The van der Waals surface area contributed by atoms with Gasteiger partial charge in [0, 0.05) is 12.2 Å². The maximum Gasteiger partial charge on any atom is 0.271 e. The number of nitrogens with one attached hydrogen (secondary N) is 2. The summed E-state index contributed by atoms with van der Waals surface area (Å²) < 4.78 is 0. The molecule has 1 amide bonds. The molecule has 0 saturated heterocycles. The van der Waals surface area contributed by atoms with Crippen LogP contribution < -0.4 is 10.6 Å². The van der Waals surface area contributed by atoms with Gasteiger partial charge in [0.1, 0.15) is 0 Å². The Morgan fingerprint density at radius 3 is 2.45 bits per heavy atom. The molecule has 0 atom stereocenters. The van der Waals surface area contributed by atoms with Gasteiger partial charge in [-0.25, -0.2) is 0 Å². The lowest BCUT2D eigenvalue weighted by Crippen LogP contribution is -2.25. The molecule has 0 aliphatic rings. The standard InChI is InChI=1S/C15H18N4O/c1-3-10-16-15(20)13-8-9-14(19-18-13)17-12-6-4-11(2)5-7-12/h4-9H,3,10H2,1-2H3,(H,16,20)(H,17,19). The van der Waals surface area contributed by atoms with Crippen molar-refractivity contribution >= 4 is 17.4 Å². The summed E-state index contributed by atoms with van der Waals surface area (Å²) in [6.07, 6.45) is 0.895. The van der Waals surface area contributed by atoms with Gasteiger partial charge in [-0.15, -0.1) is 10.2 Å². The molecular formula is C15H18N4O. The molecule has 5 nitrogen and oxygen atoms in total. The number of nitrogens with zero attached hydrogens (tertiary/aromatic N) is 2. The molecule has 0 aliphatic carbocycles. The van der Waals surface area contributed by atoms with Crippen molar-refractivity contribution in [3.05, 3.63) is 47.7 Å². The molecule has 0 spiro atoms. The maximum atomic E-state index is 11.7. The zero-order valence-corrected chi connectivity index (χ0v) is 11.7. The number of amides is 1. The van der Waals surface area contributed by atoms with Gasteiger partial charge in [0.2, 0.25) is 0 Å². The Kier molecular flexibility index (Phi) is 4.65. The zero-order valence-electron chi connectivity index (χ0n) is 11.7. The molecule has 1 aromatic heterocycles. The molecule has 0 radical (unpaired) electrons. The van der Waals surface area contributed by atoms with Gasteiger partial charge in [0.05, 0.1) is 0 Å². The molecule has 2 aromatic rings. The van der Waals surface area contributed by atoms with Crippen molar-refractivity contribution in [1.82, 2.24) is 15.5 Å². The van der Waals surface area contributed by atoms with Crippen LogP contribution in [0.4, 0.5) is 11.5 Å². The molecule has 2 rings (SSSR count). The van der Waals surface area contributed by atoms with Crippen LogP contribution in [0.25, 0.3) is 0 Å². The van der Waals surface area contributed by atoms with Crippen LogP contribution >= 0.6 is 0 Å². The molecule has 0 unspecified atom stereocenters. The minimum Gasteiger partial charge on any atom is -0.351 e. The summed E-state index contributed by atoms with van der Waals surface area (Å²) in [5, 5.41) is 13.8. The average Bonchev–Trinajstić information content (AvgIpc) is 2.48. The van der Waals surface area contributed by atoms with Crippen LogP contribution in [0.5, 0.6) is 0 Å². The number of rotatable bonds is 5. The summed E-state index contributed by atoms with van der Waals surface area (Å²) in [4.78, 5) is 11.7. The van der Waals surface area contributed by atoms with Crippen LogP contribution in [0.3, 0.4) is 0 Å². The predicted octanol–water partition coefficient (Wildman–Crippen LogP) is 2.67. The Balaban J connectivity index is 2.01. The lowest BCUT2D eigenvalue weighted by Gasteiger charge is -2.06. The van der Waals surface area contributed by atoms with Crippen LogP contribution in [0, 0.1) is 6.92 Å². The summed E-state index contributed by atoms with van der Waals surface area (Å²) in [6.45, 7) is 4.68. The number of carbonyl (C=O) groups excluding carboxylic acids is 1. The van der Waals surface area contributed by atoms with E-state index < -0.39 is 0 Å². The molecule has 0 bridgehead atoms. The van der Waals surface area contributed by atoms with E-state index in [1.165, 1.54) is 5.56 Å². The van der Waals surface area contributed by atoms with Crippen LogP contribution in [-0.4, -0.2) is 22.6 Å². The second-order valence-electron chi connectivity index (χ2n) is 4.55. The summed E-state index contributed by atoms with van der Waals surface area (Å²) >= 11 is 0. The fourth-order valence-electron chi connectivity index (χ4n) is 1.63. The van der Waals surface area contributed by atoms with Crippen LogP contribution in [0.15, 0.2) is 36.4 Å². The number of aryl methyl sites for hydroxylation is 1. The molecule has 0 saturated carbocycles. The van der Waals surface area contributed by atoms with Crippen molar-refractivity contribution in [2.24, 2.45) is 0 Å². The van der Waals surface area contributed by atoms with E-state index in [1.807, 2.05) is 38.1 Å². The molecule has 2 N–H and O–H groups in total. The highest BCUT2D eigenvalue weighted by Gasteiger charge is 2.06. The number of hydrogen-bond acceptors (Lipinski definition) is 4. The SMILES string of the molecule is CCCNC(=O)c1ccc(Nc2ccc(C)cc2)nn1. The molecule has 5 heteroatoms. The Morgan fingerprint density at radius 1 is 1.10 bits per heavy atom. The summed E-state index contributed by atoms with van der Waals surface area (Å²) in [7, 11) is 0. The van der Waals surface area contributed by atoms with Crippen molar-refractivity contribution < 1.29 is 4.79 Å². The highest BCUT2D eigenvalue weighted by atomic mass is 16.1. The van der Waals surface area contributed by atoms with Gasteiger partial charge in [-0.3, -0.25) is 4.79 Å².